The molecule has 0 heteroatoms. The minimum absolute atomic E-state index is 1.10. The summed E-state index contributed by atoms with van der Waals surface area (Å²) >= 11 is 0. The molecule has 0 N–H and O–H groups in total. The van der Waals surface area contributed by atoms with E-state index in [0.717, 1.165) is 12.8 Å². The highest BCUT2D eigenvalue weighted by Crippen LogP contribution is 2.07. The van der Waals surface area contributed by atoms with Gasteiger partial charge < -0.3 is 0 Å². The molecule has 0 nitrogen and oxygen atoms in total. The molecule has 16 heavy (non-hydrogen) atoms. The first kappa shape index (κ1) is 15.2. The first-order valence-corrected chi connectivity index (χ1v) is 6.77. The molecule has 0 aromatic carbocycles. The lowest BCUT2D eigenvalue weighted by Gasteiger charge is -1.97. The number of unbranched alkanes of at least 4 members (excludes halogenated alkanes) is 7. The minimum atomic E-state index is 1.10. The van der Waals surface area contributed by atoms with Gasteiger partial charge in [0.05, 0.1) is 0 Å². The lowest BCUT2D eigenvalue weighted by Crippen LogP contribution is -1.77. The molecule has 0 aromatic rings. The standard InChI is InChI=1S/C16H27/c1-3-5-7-9-11-13-15-16-14-12-10-8-6-4-2/h1,3,5,7,13,15H,4,6,8-12,14,16H2,2H3. The molecule has 0 rings (SSSR count). The largest absolute Gasteiger partial charge is 0.0885 e. The van der Waals surface area contributed by atoms with Crippen molar-refractivity contribution >= 4 is 0 Å². The van der Waals surface area contributed by atoms with Gasteiger partial charge in [-0.3, -0.25) is 0 Å². The van der Waals surface area contributed by atoms with E-state index in [4.69, 9.17) is 6.58 Å². The fourth-order valence-electron chi connectivity index (χ4n) is 1.65. The maximum atomic E-state index is 5.23. The molecule has 91 valence electrons. The SMILES string of the molecule is [CH]=CC=CCCC=CCCCCCCCC. The molecular weight excluding hydrogens is 192 g/mol. The fourth-order valence-corrected chi connectivity index (χ4v) is 1.65. The maximum absolute atomic E-state index is 5.23. The zero-order valence-electron chi connectivity index (χ0n) is 10.8. The average Bonchev–Trinajstić information content (AvgIpc) is 2.31. The smallest absolute Gasteiger partial charge is 0.0313 e. The molecule has 0 saturated carbocycles. The summed E-state index contributed by atoms with van der Waals surface area (Å²) in [5, 5.41) is 0. The lowest BCUT2D eigenvalue weighted by molar-refractivity contribution is 0.611. The second kappa shape index (κ2) is 14.2. The van der Waals surface area contributed by atoms with Crippen LogP contribution in [-0.4, -0.2) is 0 Å². The summed E-state index contributed by atoms with van der Waals surface area (Å²) in [6, 6.07) is 0. The zero-order valence-corrected chi connectivity index (χ0v) is 10.8. The summed E-state index contributed by atoms with van der Waals surface area (Å²) in [5.74, 6) is 0. The predicted octanol–water partition coefficient (Wildman–Crippen LogP) is 5.62. The van der Waals surface area contributed by atoms with Crippen LogP contribution in [0.15, 0.2) is 30.4 Å². The molecule has 0 aliphatic carbocycles. The van der Waals surface area contributed by atoms with Gasteiger partial charge in [-0.05, 0) is 25.7 Å². The summed E-state index contributed by atoms with van der Waals surface area (Å²) in [7, 11) is 0. The van der Waals surface area contributed by atoms with Gasteiger partial charge in [0.25, 0.3) is 0 Å². The fraction of sp³-hybridized carbons (Fsp3) is 0.625. The van der Waals surface area contributed by atoms with Crippen LogP contribution in [0.4, 0.5) is 0 Å². The summed E-state index contributed by atoms with van der Waals surface area (Å²) < 4.78 is 0. The molecule has 0 spiro atoms. The Bertz CT molecular complexity index is 186. The van der Waals surface area contributed by atoms with Crippen molar-refractivity contribution in [3.8, 4) is 0 Å². The van der Waals surface area contributed by atoms with Crippen molar-refractivity contribution in [3.05, 3.63) is 37.0 Å². The second-order valence-corrected chi connectivity index (χ2v) is 4.23. The molecule has 0 amide bonds. The monoisotopic (exact) mass is 219 g/mol. The van der Waals surface area contributed by atoms with E-state index in [1.807, 2.05) is 6.08 Å². The van der Waals surface area contributed by atoms with Crippen LogP contribution in [0.1, 0.15) is 64.7 Å². The van der Waals surface area contributed by atoms with Gasteiger partial charge in [-0.2, -0.15) is 0 Å². The topological polar surface area (TPSA) is 0 Å². The highest BCUT2D eigenvalue weighted by Gasteiger charge is 1.87. The Balaban J connectivity index is 3.09. The minimum Gasteiger partial charge on any atom is -0.0885 e. The van der Waals surface area contributed by atoms with E-state index in [1.54, 1.807) is 6.08 Å². The molecule has 0 bridgehead atoms. The molecule has 0 heterocycles. The molecule has 0 aliphatic rings. The summed E-state index contributed by atoms with van der Waals surface area (Å²) in [5.41, 5.74) is 0. The molecule has 0 aliphatic heterocycles. The number of hydrogen-bond donors (Lipinski definition) is 0. The van der Waals surface area contributed by atoms with Gasteiger partial charge in [0.15, 0.2) is 0 Å². The normalized spacial score (nSPS) is 11.6. The Morgan fingerprint density at radius 3 is 2.12 bits per heavy atom. The predicted molar refractivity (Wildman–Crippen MR) is 74.4 cm³/mol. The third-order valence-electron chi connectivity index (χ3n) is 2.64. The van der Waals surface area contributed by atoms with Crippen molar-refractivity contribution < 1.29 is 0 Å². The van der Waals surface area contributed by atoms with Gasteiger partial charge in [-0.1, -0.05) is 76.0 Å². The number of rotatable bonds is 11. The van der Waals surface area contributed by atoms with Crippen LogP contribution in [0.3, 0.4) is 0 Å². The first-order valence-electron chi connectivity index (χ1n) is 6.77. The van der Waals surface area contributed by atoms with Crippen LogP contribution in [0, 0.1) is 6.58 Å². The Labute approximate surface area is 102 Å². The van der Waals surface area contributed by atoms with Crippen molar-refractivity contribution in [2.45, 2.75) is 64.7 Å². The van der Waals surface area contributed by atoms with Crippen LogP contribution < -0.4 is 0 Å². The molecule has 1 radical (unpaired) electrons. The van der Waals surface area contributed by atoms with E-state index in [2.05, 4.69) is 25.2 Å². The van der Waals surface area contributed by atoms with E-state index >= 15 is 0 Å². The maximum Gasteiger partial charge on any atom is -0.0313 e. The molecule has 0 saturated heterocycles. The van der Waals surface area contributed by atoms with Gasteiger partial charge in [-0.15, -0.1) is 0 Å². The molecule has 0 atom stereocenters. The van der Waals surface area contributed by atoms with Crippen molar-refractivity contribution in [3.63, 3.8) is 0 Å². The van der Waals surface area contributed by atoms with Crippen molar-refractivity contribution in [1.29, 1.82) is 0 Å². The molecule has 0 aromatic heterocycles. The van der Waals surface area contributed by atoms with E-state index < -0.39 is 0 Å². The summed E-state index contributed by atoms with van der Waals surface area (Å²) in [6.45, 7) is 7.49. The van der Waals surface area contributed by atoms with Gasteiger partial charge in [0.2, 0.25) is 0 Å². The zero-order chi connectivity index (χ0) is 11.9. The van der Waals surface area contributed by atoms with Gasteiger partial charge in [0, 0.05) is 0 Å². The Morgan fingerprint density at radius 1 is 0.750 bits per heavy atom. The van der Waals surface area contributed by atoms with E-state index in [9.17, 15) is 0 Å². The second-order valence-electron chi connectivity index (χ2n) is 4.23. The lowest BCUT2D eigenvalue weighted by atomic mass is 10.1. The molecule has 0 unspecified atom stereocenters. The highest BCUT2D eigenvalue weighted by atomic mass is 13.9. The quantitative estimate of drug-likeness (QED) is 0.240. The van der Waals surface area contributed by atoms with Crippen LogP contribution in [-0.2, 0) is 0 Å². The van der Waals surface area contributed by atoms with Crippen LogP contribution in [0.5, 0.6) is 0 Å². The average molecular weight is 219 g/mol. The van der Waals surface area contributed by atoms with Crippen LogP contribution >= 0.6 is 0 Å². The van der Waals surface area contributed by atoms with Gasteiger partial charge in [0.1, 0.15) is 0 Å². The highest BCUT2D eigenvalue weighted by molar-refractivity contribution is 4.96. The van der Waals surface area contributed by atoms with Gasteiger partial charge >= 0.3 is 0 Å². The summed E-state index contributed by atoms with van der Waals surface area (Å²) in [4.78, 5) is 0. The third-order valence-corrected chi connectivity index (χ3v) is 2.64. The van der Waals surface area contributed by atoms with Crippen molar-refractivity contribution in [2.24, 2.45) is 0 Å². The van der Waals surface area contributed by atoms with E-state index in [0.29, 0.717) is 0 Å². The Kier molecular flexibility index (Phi) is 13.5. The van der Waals surface area contributed by atoms with E-state index in [-0.39, 0.29) is 0 Å². The number of hydrogen-bond acceptors (Lipinski definition) is 0. The molecule has 0 fully saturated rings. The number of allylic oxidation sites excluding steroid dienone is 5. The van der Waals surface area contributed by atoms with Gasteiger partial charge in [-0.25, -0.2) is 0 Å². The van der Waals surface area contributed by atoms with Crippen molar-refractivity contribution in [1.82, 2.24) is 0 Å². The molecular formula is C16H27. The first-order chi connectivity index (χ1) is 7.91. The van der Waals surface area contributed by atoms with Crippen molar-refractivity contribution in [2.75, 3.05) is 0 Å². The Morgan fingerprint density at radius 2 is 1.38 bits per heavy atom. The summed E-state index contributed by atoms with van der Waals surface area (Å²) in [6.07, 6.45) is 22.0. The Hall–Kier alpha value is -0.780. The van der Waals surface area contributed by atoms with Crippen LogP contribution in [0.2, 0.25) is 0 Å². The third kappa shape index (κ3) is 13.2. The van der Waals surface area contributed by atoms with Crippen LogP contribution in [0.25, 0.3) is 0 Å². The van der Waals surface area contributed by atoms with E-state index in [1.165, 1.54) is 44.9 Å².